The van der Waals surface area contributed by atoms with Crippen molar-refractivity contribution in [2.45, 2.75) is 6.54 Å². The highest BCUT2D eigenvalue weighted by molar-refractivity contribution is 5.82. The number of para-hydroxylation sites is 2. The number of rotatable bonds is 3. The fourth-order valence-electron chi connectivity index (χ4n) is 2.90. The van der Waals surface area contributed by atoms with Crippen LogP contribution in [-0.4, -0.2) is 31.0 Å². The van der Waals surface area contributed by atoms with Gasteiger partial charge >= 0.3 is 0 Å². The topological polar surface area (TPSA) is 72.9 Å². The normalized spacial score (nSPS) is 10.6. The molecule has 0 saturated heterocycles. The molecule has 0 unspecified atom stereocenters. The van der Waals surface area contributed by atoms with Crippen molar-refractivity contribution in [2.75, 3.05) is 6.61 Å². The first kappa shape index (κ1) is 16.8. The Morgan fingerprint density at radius 1 is 0.926 bits per heavy atom. The molecule has 0 radical (unpaired) electrons. The lowest BCUT2D eigenvalue weighted by atomic mass is 10.2. The molecule has 6 heteroatoms. The van der Waals surface area contributed by atoms with Crippen LogP contribution in [0.15, 0.2) is 71.5 Å². The van der Waals surface area contributed by atoms with Crippen molar-refractivity contribution in [3.05, 3.63) is 77.1 Å². The summed E-state index contributed by atoms with van der Waals surface area (Å²) in [5, 5.41) is 13.3. The smallest absolute Gasteiger partial charge is 0.267 e. The summed E-state index contributed by atoms with van der Waals surface area (Å²) in [6, 6.07) is 20.8. The van der Waals surface area contributed by atoms with Crippen LogP contribution in [0.2, 0.25) is 0 Å². The molecule has 0 spiro atoms. The average Bonchev–Trinajstić information content (AvgIpc) is 3.10. The molecule has 27 heavy (non-hydrogen) atoms. The Morgan fingerprint density at radius 2 is 1.70 bits per heavy atom. The third-order valence-electron chi connectivity index (χ3n) is 4.11. The molecule has 132 valence electrons. The van der Waals surface area contributed by atoms with E-state index in [-0.39, 0.29) is 18.7 Å². The first-order valence-corrected chi connectivity index (χ1v) is 8.46. The molecule has 0 saturated carbocycles. The minimum Gasteiger partial charge on any atom is -0.384 e. The van der Waals surface area contributed by atoms with E-state index in [1.807, 2.05) is 59.2 Å². The van der Waals surface area contributed by atoms with Gasteiger partial charge in [-0.3, -0.25) is 9.36 Å². The third-order valence-corrected chi connectivity index (χ3v) is 4.11. The lowest BCUT2D eigenvalue weighted by Gasteiger charge is -2.10. The fraction of sp³-hybridized carbons (Fsp3) is 0.0952. The van der Waals surface area contributed by atoms with E-state index in [0.29, 0.717) is 5.82 Å². The standard InChI is InChI=1S/C21H16N4O2/c26-15-7-6-14-24-20(27)13-12-19(23-24)25-18-11-5-4-10-17(18)22-21(25)16-8-2-1-3-9-16/h1-5,8-13,26H,14-15H2. The Labute approximate surface area is 155 Å². The molecule has 0 aliphatic heterocycles. The molecule has 0 bridgehead atoms. The molecule has 6 nitrogen and oxygen atoms in total. The summed E-state index contributed by atoms with van der Waals surface area (Å²) >= 11 is 0. The SMILES string of the molecule is O=c1ccc(-n2c(-c3ccccc3)nc3ccccc32)nn1CC#CCO. The van der Waals surface area contributed by atoms with E-state index in [1.54, 1.807) is 6.07 Å². The summed E-state index contributed by atoms with van der Waals surface area (Å²) in [5.74, 6) is 6.58. The highest BCUT2D eigenvalue weighted by Crippen LogP contribution is 2.27. The van der Waals surface area contributed by atoms with Gasteiger partial charge in [-0.1, -0.05) is 54.3 Å². The van der Waals surface area contributed by atoms with Crippen LogP contribution < -0.4 is 5.56 Å². The summed E-state index contributed by atoms with van der Waals surface area (Å²) in [7, 11) is 0. The van der Waals surface area contributed by atoms with Crippen molar-refractivity contribution in [2.24, 2.45) is 0 Å². The molecular weight excluding hydrogens is 340 g/mol. The van der Waals surface area contributed by atoms with Gasteiger partial charge in [0, 0.05) is 11.6 Å². The first-order valence-electron chi connectivity index (χ1n) is 8.46. The van der Waals surface area contributed by atoms with Gasteiger partial charge in [0.15, 0.2) is 5.82 Å². The predicted molar refractivity (Wildman–Crippen MR) is 103 cm³/mol. The van der Waals surface area contributed by atoms with Gasteiger partial charge in [-0.2, -0.15) is 5.10 Å². The van der Waals surface area contributed by atoms with Gasteiger partial charge in [-0.05, 0) is 18.2 Å². The minimum atomic E-state index is -0.253. The highest BCUT2D eigenvalue weighted by Gasteiger charge is 2.15. The molecule has 2 aromatic carbocycles. The van der Waals surface area contributed by atoms with Gasteiger partial charge in [0.2, 0.25) is 0 Å². The van der Waals surface area contributed by atoms with E-state index in [2.05, 4.69) is 16.9 Å². The second-order valence-electron chi connectivity index (χ2n) is 5.82. The van der Waals surface area contributed by atoms with Gasteiger partial charge in [0.1, 0.15) is 19.0 Å². The molecule has 4 aromatic rings. The van der Waals surface area contributed by atoms with Crippen molar-refractivity contribution in [1.82, 2.24) is 19.3 Å². The molecule has 0 amide bonds. The minimum absolute atomic E-state index is 0.112. The van der Waals surface area contributed by atoms with E-state index in [9.17, 15) is 4.79 Å². The molecule has 0 fully saturated rings. The van der Waals surface area contributed by atoms with Crippen molar-refractivity contribution in [1.29, 1.82) is 0 Å². The number of hydrogen-bond donors (Lipinski definition) is 1. The largest absolute Gasteiger partial charge is 0.384 e. The van der Waals surface area contributed by atoms with Gasteiger partial charge < -0.3 is 5.11 Å². The molecule has 2 aromatic heterocycles. The maximum Gasteiger partial charge on any atom is 0.267 e. The Balaban J connectivity index is 1.93. The average molecular weight is 356 g/mol. The molecule has 4 rings (SSSR count). The second kappa shape index (κ2) is 7.28. The van der Waals surface area contributed by atoms with Gasteiger partial charge in [-0.25, -0.2) is 9.67 Å². The van der Waals surface area contributed by atoms with Crippen LogP contribution in [0, 0.1) is 11.8 Å². The quantitative estimate of drug-likeness (QED) is 0.572. The maximum atomic E-state index is 12.1. The van der Waals surface area contributed by atoms with E-state index >= 15 is 0 Å². The highest BCUT2D eigenvalue weighted by atomic mass is 16.2. The monoisotopic (exact) mass is 356 g/mol. The number of benzene rings is 2. The van der Waals surface area contributed by atoms with Crippen LogP contribution in [0.1, 0.15) is 0 Å². The Hall–Kier alpha value is -3.69. The lowest BCUT2D eigenvalue weighted by Crippen LogP contribution is -2.23. The van der Waals surface area contributed by atoms with Gasteiger partial charge in [-0.15, -0.1) is 0 Å². The van der Waals surface area contributed by atoms with Crippen molar-refractivity contribution >= 4 is 11.0 Å². The fourth-order valence-corrected chi connectivity index (χ4v) is 2.90. The van der Waals surface area contributed by atoms with Crippen molar-refractivity contribution in [3.63, 3.8) is 0 Å². The lowest BCUT2D eigenvalue weighted by molar-refractivity contribution is 0.350. The zero-order chi connectivity index (χ0) is 18.6. The summed E-state index contributed by atoms with van der Waals surface area (Å²) in [6.45, 7) is -0.140. The Morgan fingerprint density at radius 3 is 2.52 bits per heavy atom. The van der Waals surface area contributed by atoms with Crippen LogP contribution in [0.3, 0.4) is 0 Å². The number of aliphatic hydroxyl groups excluding tert-OH is 1. The van der Waals surface area contributed by atoms with E-state index < -0.39 is 0 Å². The van der Waals surface area contributed by atoms with Crippen LogP contribution in [0.5, 0.6) is 0 Å². The molecular formula is C21H16N4O2. The first-order chi connectivity index (χ1) is 13.3. The van der Waals surface area contributed by atoms with Crippen molar-refractivity contribution in [3.8, 4) is 29.0 Å². The zero-order valence-electron chi connectivity index (χ0n) is 14.4. The second-order valence-corrected chi connectivity index (χ2v) is 5.82. The number of aromatic nitrogens is 4. The number of hydrogen-bond acceptors (Lipinski definition) is 4. The molecule has 2 heterocycles. The number of nitrogens with zero attached hydrogens (tertiary/aromatic N) is 4. The molecule has 0 aliphatic rings. The summed E-state index contributed by atoms with van der Waals surface area (Å²) in [4.78, 5) is 16.9. The number of imidazole rings is 1. The van der Waals surface area contributed by atoms with Gasteiger partial charge in [0.05, 0.1) is 11.0 Å². The Kier molecular flexibility index (Phi) is 4.52. The third kappa shape index (κ3) is 3.24. The predicted octanol–water partition coefficient (Wildman–Crippen LogP) is 2.24. The van der Waals surface area contributed by atoms with Crippen molar-refractivity contribution < 1.29 is 5.11 Å². The van der Waals surface area contributed by atoms with Crippen LogP contribution in [-0.2, 0) is 6.54 Å². The zero-order valence-corrected chi connectivity index (χ0v) is 14.4. The molecule has 1 N–H and O–H groups in total. The van der Waals surface area contributed by atoms with E-state index in [0.717, 1.165) is 22.4 Å². The summed E-state index contributed by atoms with van der Waals surface area (Å²) in [6.07, 6.45) is 0. The summed E-state index contributed by atoms with van der Waals surface area (Å²) in [5.41, 5.74) is 2.44. The summed E-state index contributed by atoms with van der Waals surface area (Å²) < 4.78 is 3.21. The maximum absolute atomic E-state index is 12.1. The number of aliphatic hydroxyl groups is 1. The van der Waals surface area contributed by atoms with Crippen LogP contribution >= 0.6 is 0 Å². The molecule has 0 aliphatic carbocycles. The van der Waals surface area contributed by atoms with Crippen LogP contribution in [0.25, 0.3) is 28.2 Å². The van der Waals surface area contributed by atoms with E-state index in [4.69, 9.17) is 10.1 Å². The Bertz CT molecular complexity index is 1210. The molecule has 0 atom stereocenters. The van der Waals surface area contributed by atoms with Gasteiger partial charge in [0.25, 0.3) is 5.56 Å². The van der Waals surface area contributed by atoms with Crippen LogP contribution in [0.4, 0.5) is 0 Å². The van der Waals surface area contributed by atoms with E-state index in [1.165, 1.54) is 10.7 Å². The number of fused-ring (bicyclic) bond motifs is 1.